The van der Waals surface area contributed by atoms with Crippen LogP contribution in [0.2, 0.25) is 0 Å². The van der Waals surface area contributed by atoms with Gasteiger partial charge >= 0.3 is 11.7 Å². The number of hydrogen-bond acceptors (Lipinski definition) is 9. The molecule has 11 heteroatoms. The van der Waals surface area contributed by atoms with Gasteiger partial charge in [0.05, 0.1) is 18.4 Å². The van der Waals surface area contributed by atoms with Crippen LogP contribution in [0, 0.1) is 0 Å². The predicted octanol–water partition coefficient (Wildman–Crippen LogP) is 3.12. The Bertz CT molecular complexity index is 1310. The molecule has 2 heterocycles. The van der Waals surface area contributed by atoms with E-state index >= 15 is 0 Å². The van der Waals surface area contributed by atoms with Crippen molar-refractivity contribution in [2.75, 3.05) is 7.11 Å². The maximum Gasteiger partial charge on any atom is 0.341 e. The number of methoxy groups -OCH3 is 1. The van der Waals surface area contributed by atoms with Crippen molar-refractivity contribution in [3.63, 3.8) is 0 Å². The summed E-state index contributed by atoms with van der Waals surface area (Å²) in [4.78, 5) is 45.9. The molecule has 0 aliphatic rings. The molecule has 3 rings (SSSR count). The number of carbonyl (C=O) groups is 1. The third kappa shape index (κ3) is 5.25. The van der Waals surface area contributed by atoms with Gasteiger partial charge in [0.25, 0.3) is 11.5 Å². The van der Waals surface area contributed by atoms with E-state index in [0.717, 1.165) is 14.7 Å². The van der Waals surface area contributed by atoms with Gasteiger partial charge in [-0.25, -0.2) is 19.6 Å². The summed E-state index contributed by atoms with van der Waals surface area (Å²) in [5, 5.41) is 18.4. The minimum absolute atomic E-state index is 0.118. The fraction of sp³-hybridized carbons (Fsp3) is 0.348. The molecule has 11 nitrogen and oxygen atoms in total. The zero-order valence-electron chi connectivity index (χ0n) is 19.3. The van der Waals surface area contributed by atoms with E-state index in [1.54, 1.807) is 0 Å². The molecule has 0 amide bonds. The zero-order valence-corrected chi connectivity index (χ0v) is 19.3. The molecule has 0 radical (unpaired) electrons. The number of esters is 1. The zero-order chi connectivity index (χ0) is 24.7. The molecule has 0 atom stereocenters. The van der Waals surface area contributed by atoms with Crippen LogP contribution in [0.25, 0.3) is 0 Å². The lowest BCUT2D eigenvalue weighted by Crippen LogP contribution is -2.39. The molecule has 0 spiro atoms. The standard InChI is InChI=1S/C23H26N6O5/c1-4-11-28-19(30)18(20(31)29(12-5-2)23(28)33)26-27-22-24-14-16(21(32)34-3)17(25-22)13-15-9-7-6-8-10-15/h6-10,14,30H,4-5,11-13H2,1-3H3. The van der Waals surface area contributed by atoms with Crippen molar-refractivity contribution < 1.29 is 14.6 Å². The summed E-state index contributed by atoms with van der Waals surface area (Å²) in [6.07, 6.45) is 2.70. The highest BCUT2D eigenvalue weighted by Crippen LogP contribution is 2.23. The van der Waals surface area contributed by atoms with Crippen LogP contribution in [0.1, 0.15) is 48.3 Å². The molecule has 0 aliphatic carbocycles. The predicted molar refractivity (Wildman–Crippen MR) is 124 cm³/mol. The van der Waals surface area contributed by atoms with Crippen LogP contribution in [-0.4, -0.2) is 37.3 Å². The van der Waals surface area contributed by atoms with Crippen LogP contribution in [-0.2, 0) is 24.2 Å². The van der Waals surface area contributed by atoms with Crippen LogP contribution in [0.5, 0.6) is 5.88 Å². The fourth-order valence-electron chi connectivity index (χ4n) is 3.36. The van der Waals surface area contributed by atoms with E-state index in [1.807, 2.05) is 44.2 Å². The number of aromatic hydroxyl groups is 1. The van der Waals surface area contributed by atoms with E-state index in [1.165, 1.54) is 13.3 Å². The Morgan fingerprint density at radius 3 is 2.38 bits per heavy atom. The van der Waals surface area contributed by atoms with E-state index in [4.69, 9.17) is 4.74 Å². The van der Waals surface area contributed by atoms with Crippen molar-refractivity contribution in [1.29, 1.82) is 0 Å². The Balaban J connectivity index is 2.07. The second kappa shape index (κ2) is 11.1. The summed E-state index contributed by atoms with van der Waals surface area (Å²) >= 11 is 0. The van der Waals surface area contributed by atoms with Gasteiger partial charge in [-0.05, 0) is 18.4 Å². The van der Waals surface area contributed by atoms with Gasteiger partial charge in [0.2, 0.25) is 11.6 Å². The maximum absolute atomic E-state index is 12.8. The number of aromatic nitrogens is 4. The number of benzene rings is 1. The first-order valence-corrected chi connectivity index (χ1v) is 10.9. The van der Waals surface area contributed by atoms with Gasteiger partial charge in [0, 0.05) is 25.7 Å². The quantitative estimate of drug-likeness (QED) is 0.377. The van der Waals surface area contributed by atoms with Crippen molar-refractivity contribution in [1.82, 2.24) is 19.1 Å². The first-order chi connectivity index (χ1) is 16.4. The number of hydrogen-bond donors (Lipinski definition) is 1. The van der Waals surface area contributed by atoms with Gasteiger partial charge in [-0.15, -0.1) is 10.2 Å². The Kier molecular flexibility index (Phi) is 8.01. The summed E-state index contributed by atoms with van der Waals surface area (Å²) in [7, 11) is 1.26. The summed E-state index contributed by atoms with van der Waals surface area (Å²) in [5.41, 5.74) is -0.293. The lowest BCUT2D eigenvalue weighted by atomic mass is 10.1. The summed E-state index contributed by atoms with van der Waals surface area (Å²) in [5.74, 6) is -1.28. The Labute approximate surface area is 195 Å². The minimum atomic E-state index is -0.754. The molecule has 0 bridgehead atoms. The summed E-state index contributed by atoms with van der Waals surface area (Å²) in [6, 6.07) is 9.37. The van der Waals surface area contributed by atoms with Crippen LogP contribution >= 0.6 is 0 Å². The van der Waals surface area contributed by atoms with Crippen LogP contribution in [0.15, 0.2) is 56.3 Å². The monoisotopic (exact) mass is 466 g/mol. The molecule has 178 valence electrons. The van der Waals surface area contributed by atoms with Crippen LogP contribution in [0.3, 0.4) is 0 Å². The molecule has 0 saturated carbocycles. The average Bonchev–Trinajstić information content (AvgIpc) is 2.84. The lowest BCUT2D eigenvalue weighted by Gasteiger charge is -2.12. The highest BCUT2D eigenvalue weighted by atomic mass is 16.5. The van der Waals surface area contributed by atoms with E-state index in [9.17, 15) is 19.5 Å². The van der Waals surface area contributed by atoms with Crippen molar-refractivity contribution in [3.8, 4) is 5.88 Å². The molecule has 34 heavy (non-hydrogen) atoms. The largest absolute Gasteiger partial charge is 0.493 e. The molecule has 1 aromatic carbocycles. The molecular formula is C23H26N6O5. The Morgan fingerprint density at radius 1 is 1.06 bits per heavy atom. The minimum Gasteiger partial charge on any atom is -0.493 e. The number of azo groups is 1. The van der Waals surface area contributed by atoms with Gasteiger partial charge in [-0.3, -0.25) is 13.9 Å². The van der Waals surface area contributed by atoms with E-state index in [-0.39, 0.29) is 30.3 Å². The molecule has 3 aromatic rings. The Morgan fingerprint density at radius 2 is 1.74 bits per heavy atom. The van der Waals surface area contributed by atoms with Gasteiger partial charge < -0.3 is 9.84 Å². The molecule has 0 unspecified atom stereocenters. The summed E-state index contributed by atoms with van der Waals surface area (Å²) < 4.78 is 6.93. The van der Waals surface area contributed by atoms with Crippen molar-refractivity contribution in [3.05, 3.63) is 74.2 Å². The molecule has 2 aromatic heterocycles. The maximum atomic E-state index is 12.8. The van der Waals surface area contributed by atoms with Crippen molar-refractivity contribution >= 4 is 17.6 Å². The third-order valence-corrected chi connectivity index (χ3v) is 4.99. The van der Waals surface area contributed by atoms with Gasteiger partial charge in [-0.2, -0.15) is 0 Å². The lowest BCUT2D eigenvalue weighted by molar-refractivity contribution is 0.0598. The van der Waals surface area contributed by atoms with Crippen molar-refractivity contribution in [2.45, 2.75) is 46.2 Å². The topological polar surface area (TPSA) is 141 Å². The number of nitrogens with zero attached hydrogens (tertiary/aromatic N) is 6. The molecule has 0 saturated heterocycles. The van der Waals surface area contributed by atoms with Gasteiger partial charge in [0.1, 0.15) is 0 Å². The van der Waals surface area contributed by atoms with Gasteiger partial charge in [0.15, 0.2) is 0 Å². The first kappa shape index (κ1) is 24.5. The highest BCUT2D eigenvalue weighted by Gasteiger charge is 2.19. The second-order valence-electron chi connectivity index (χ2n) is 7.45. The van der Waals surface area contributed by atoms with E-state index in [2.05, 4.69) is 20.2 Å². The SMILES string of the molecule is CCCn1c(O)c(N=Nc2ncc(C(=O)OC)c(Cc3ccccc3)n2)c(=O)n(CCC)c1=O. The number of carbonyl (C=O) groups excluding carboxylic acids is 1. The van der Waals surface area contributed by atoms with Crippen LogP contribution < -0.4 is 11.2 Å². The molecule has 1 N–H and O–H groups in total. The second-order valence-corrected chi connectivity index (χ2v) is 7.45. The highest BCUT2D eigenvalue weighted by molar-refractivity contribution is 5.90. The van der Waals surface area contributed by atoms with Crippen molar-refractivity contribution in [2.24, 2.45) is 10.2 Å². The number of rotatable bonds is 9. The van der Waals surface area contributed by atoms with E-state index < -0.39 is 23.1 Å². The van der Waals surface area contributed by atoms with E-state index in [0.29, 0.717) is 25.0 Å². The van der Waals surface area contributed by atoms with Crippen LogP contribution in [0.4, 0.5) is 11.6 Å². The third-order valence-electron chi connectivity index (χ3n) is 4.99. The summed E-state index contributed by atoms with van der Waals surface area (Å²) in [6.45, 7) is 4.06. The smallest absolute Gasteiger partial charge is 0.341 e. The normalized spacial score (nSPS) is 11.1. The molecular weight excluding hydrogens is 440 g/mol. The first-order valence-electron chi connectivity index (χ1n) is 10.9. The van der Waals surface area contributed by atoms with Gasteiger partial charge in [-0.1, -0.05) is 44.2 Å². The molecule has 0 fully saturated rings. The average molecular weight is 466 g/mol. The Hall–Kier alpha value is -4.15. The fourth-order valence-corrected chi connectivity index (χ4v) is 3.36. The molecule has 0 aliphatic heterocycles. The number of ether oxygens (including phenoxy) is 1.